The van der Waals surface area contributed by atoms with E-state index in [0.29, 0.717) is 25.8 Å². The molecular weight excluding hydrogens is 398 g/mol. The molecule has 7 heteroatoms. The Hall–Kier alpha value is -1.63. The summed E-state index contributed by atoms with van der Waals surface area (Å²) in [5, 5.41) is 29.1. The summed E-state index contributed by atoms with van der Waals surface area (Å²) in [4.78, 5) is 35.5. The van der Waals surface area contributed by atoms with Gasteiger partial charge in [-0.25, -0.2) is 0 Å². The van der Waals surface area contributed by atoms with Crippen LogP contribution in [0, 0.1) is 17.8 Å². The number of hydrogen-bond donors (Lipinski definition) is 3. The van der Waals surface area contributed by atoms with Crippen LogP contribution in [0.5, 0.6) is 0 Å². The van der Waals surface area contributed by atoms with Gasteiger partial charge >= 0.3 is 17.9 Å². The monoisotopic (exact) mass is 444 g/mol. The number of aliphatic carboxylic acids is 3. The van der Waals surface area contributed by atoms with Crippen molar-refractivity contribution in [3.8, 4) is 0 Å². The van der Waals surface area contributed by atoms with E-state index in [2.05, 4.69) is 6.92 Å². The highest BCUT2D eigenvalue weighted by atomic mass is 16.4. The van der Waals surface area contributed by atoms with Crippen LogP contribution in [0.2, 0.25) is 0 Å². The highest BCUT2D eigenvalue weighted by Gasteiger charge is 2.40. The maximum Gasteiger partial charge on any atom is 0.312 e. The number of carboxylic acids is 3. The molecule has 3 N–H and O–H groups in total. The van der Waals surface area contributed by atoms with E-state index in [0.717, 1.165) is 19.3 Å². The molecule has 0 fully saturated rings. The number of carbonyl (C=O) groups is 3. The molecule has 7 nitrogen and oxygen atoms in total. The van der Waals surface area contributed by atoms with Crippen molar-refractivity contribution in [2.24, 2.45) is 17.8 Å². The SMILES string of the molecule is CCCCCCCCC[N+](CC(CC)C(=O)O)(CC(CC)C(=O)O)CC(CC)C(=O)O. The van der Waals surface area contributed by atoms with Crippen LogP contribution in [0.15, 0.2) is 0 Å². The molecule has 0 aliphatic carbocycles. The number of unbranched alkanes of at least 4 members (excludes halogenated alkanes) is 6. The first kappa shape index (κ1) is 29.4. The lowest BCUT2D eigenvalue weighted by Gasteiger charge is -2.43. The Balaban J connectivity index is 5.70. The number of rotatable bonds is 20. The van der Waals surface area contributed by atoms with E-state index in [1.165, 1.54) is 25.7 Å². The summed E-state index contributed by atoms with van der Waals surface area (Å²) < 4.78 is 0.259. The summed E-state index contributed by atoms with van der Waals surface area (Å²) >= 11 is 0. The molecular formula is C24H46NO6+. The van der Waals surface area contributed by atoms with Crippen molar-refractivity contribution in [2.45, 2.75) is 91.9 Å². The van der Waals surface area contributed by atoms with Gasteiger partial charge in [0.05, 0.1) is 26.2 Å². The lowest BCUT2D eigenvalue weighted by molar-refractivity contribution is -0.935. The van der Waals surface area contributed by atoms with Crippen LogP contribution in [0.4, 0.5) is 0 Å². The van der Waals surface area contributed by atoms with Crippen LogP contribution in [-0.2, 0) is 14.4 Å². The minimum absolute atomic E-state index is 0.259. The molecule has 0 amide bonds. The van der Waals surface area contributed by atoms with Gasteiger partial charge in [0.25, 0.3) is 0 Å². The van der Waals surface area contributed by atoms with E-state index in [-0.39, 0.29) is 24.1 Å². The highest BCUT2D eigenvalue weighted by Crippen LogP contribution is 2.25. The Kier molecular flexibility index (Phi) is 15.2. The maximum absolute atomic E-state index is 11.8. The van der Waals surface area contributed by atoms with Crippen molar-refractivity contribution in [2.75, 3.05) is 26.2 Å². The highest BCUT2D eigenvalue weighted by molar-refractivity contribution is 5.71. The Morgan fingerprint density at radius 1 is 0.581 bits per heavy atom. The van der Waals surface area contributed by atoms with E-state index >= 15 is 0 Å². The second-order valence-electron chi connectivity index (χ2n) is 9.06. The lowest BCUT2D eigenvalue weighted by atomic mass is 9.95. The average Bonchev–Trinajstić information content (AvgIpc) is 2.72. The molecule has 0 spiro atoms. The largest absolute Gasteiger partial charge is 0.481 e. The fourth-order valence-electron chi connectivity index (χ4n) is 4.45. The van der Waals surface area contributed by atoms with Gasteiger partial charge in [-0.05, 0) is 32.1 Å². The molecule has 0 radical (unpaired) electrons. The zero-order valence-corrected chi connectivity index (χ0v) is 20.1. The zero-order valence-electron chi connectivity index (χ0n) is 20.1. The van der Waals surface area contributed by atoms with Crippen LogP contribution < -0.4 is 0 Å². The summed E-state index contributed by atoms with van der Waals surface area (Å²) in [6.07, 6.45) is 9.08. The first-order chi connectivity index (χ1) is 14.7. The smallest absolute Gasteiger partial charge is 0.312 e. The molecule has 0 aliphatic rings. The molecule has 0 aliphatic heterocycles. The molecule has 31 heavy (non-hydrogen) atoms. The predicted molar refractivity (Wildman–Crippen MR) is 122 cm³/mol. The molecule has 0 saturated heterocycles. The molecule has 3 atom stereocenters. The third kappa shape index (κ3) is 11.5. The van der Waals surface area contributed by atoms with Crippen LogP contribution in [-0.4, -0.2) is 63.9 Å². The summed E-state index contributed by atoms with van der Waals surface area (Å²) in [6, 6.07) is 0. The van der Waals surface area contributed by atoms with Crippen molar-refractivity contribution < 1.29 is 34.2 Å². The van der Waals surface area contributed by atoms with Gasteiger partial charge in [0, 0.05) is 0 Å². The molecule has 0 bridgehead atoms. The van der Waals surface area contributed by atoms with Crippen LogP contribution in [0.3, 0.4) is 0 Å². The van der Waals surface area contributed by atoms with Crippen molar-refractivity contribution in [3.05, 3.63) is 0 Å². The Morgan fingerprint density at radius 3 is 1.19 bits per heavy atom. The van der Waals surface area contributed by atoms with Crippen molar-refractivity contribution >= 4 is 17.9 Å². The Labute approximate surface area is 188 Å². The number of carboxylic acid groups (broad SMARTS) is 3. The van der Waals surface area contributed by atoms with Crippen molar-refractivity contribution in [1.29, 1.82) is 0 Å². The minimum Gasteiger partial charge on any atom is -0.481 e. The van der Waals surface area contributed by atoms with Crippen LogP contribution in [0.1, 0.15) is 91.9 Å². The Morgan fingerprint density at radius 2 is 0.903 bits per heavy atom. The summed E-state index contributed by atoms with van der Waals surface area (Å²) in [7, 11) is 0. The number of quaternary nitrogens is 1. The van der Waals surface area contributed by atoms with Gasteiger partial charge in [0.15, 0.2) is 0 Å². The fraction of sp³-hybridized carbons (Fsp3) is 0.875. The predicted octanol–water partition coefficient (Wildman–Crippen LogP) is 4.89. The summed E-state index contributed by atoms with van der Waals surface area (Å²) in [5.74, 6) is -4.50. The lowest BCUT2D eigenvalue weighted by Crippen LogP contribution is -2.58. The van der Waals surface area contributed by atoms with Gasteiger partial charge < -0.3 is 19.8 Å². The molecule has 0 aromatic heterocycles. The van der Waals surface area contributed by atoms with Gasteiger partial charge in [-0.1, -0.05) is 59.8 Å². The average molecular weight is 445 g/mol. The van der Waals surface area contributed by atoms with E-state index in [1.807, 2.05) is 20.8 Å². The van der Waals surface area contributed by atoms with E-state index < -0.39 is 35.7 Å². The number of nitrogens with zero attached hydrogens (tertiary/aromatic N) is 1. The normalized spacial score (nSPS) is 16.3. The first-order valence-electron chi connectivity index (χ1n) is 12.2. The van der Waals surface area contributed by atoms with Gasteiger partial charge in [-0.2, -0.15) is 0 Å². The minimum atomic E-state index is -0.892. The molecule has 0 heterocycles. The van der Waals surface area contributed by atoms with Crippen LogP contribution in [0.25, 0.3) is 0 Å². The molecule has 0 saturated carbocycles. The van der Waals surface area contributed by atoms with Gasteiger partial charge in [0.2, 0.25) is 0 Å². The van der Waals surface area contributed by atoms with Gasteiger partial charge in [0.1, 0.15) is 17.8 Å². The van der Waals surface area contributed by atoms with Gasteiger partial charge in [-0.15, -0.1) is 0 Å². The van der Waals surface area contributed by atoms with E-state index in [9.17, 15) is 29.7 Å². The third-order valence-corrected chi connectivity index (χ3v) is 6.59. The van der Waals surface area contributed by atoms with Crippen LogP contribution >= 0.6 is 0 Å². The van der Waals surface area contributed by atoms with E-state index in [1.54, 1.807) is 0 Å². The van der Waals surface area contributed by atoms with Gasteiger partial charge in [-0.3, -0.25) is 14.4 Å². The maximum atomic E-state index is 11.8. The second kappa shape index (κ2) is 16.1. The molecule has 0 rings (SSSR count). The molecule has 182 valence electrons. The van der Waals surface area contributed by atoms with E-state index in [4.69, 9.17) is 0 Å². The quantitative estimate of drug-likeness (QED) is 0.182. The fourth-order valence-corrected chi connectivity index (χ4v) is 4.45. The van der Waals surface area contributed by atoms with Crippen molar-refractivity contribution in [3.63, 3.8) is 0 Å². The van der Waals surface area contributed by atoms with Crippen molar-refractivity contribution in [1.82, 2.24) is 0 Å². The third-order valence-electron chi connectivity index (χ3n) is 6.59. The number of hydrogen-bond acceptors (Lipinski definition) is 3. The standard InChI is InChI=1S/C24H45NO6/c1-5-9-10-11-12-13-14-15-25(16-19(6-2)22(26)27,17-20(7-3)23(28)29)18-21(8-4)24(30)31/h19-21H,5-18H2,1-4H3,(H2-,26,27,28,29,30,31)/p+1. The zero-order chi connectivity index (χ0) is 23.9. The second-order valence-corrected chi connectivity index (χ2v) is 9.06. The molecule has 0 aromatic rings. The molecule has 3 unspecified atom stereocenters. The molecule has 0 aromatic carbocycles. The summed E-state index contributed by atoms with van der Waals surface area (Å²) in [5.41, 5.74) is 0. The topological polar surface area (TPSA) is 112 Å². The summed E-state index contributed by atoms with van der Waals surface area (Å²) in [6.45, 7) is 9.14. The Bertz CT molecular complexity index is 476. The first-order valence-corrected chi connectivity index (χ1v) is 12.2.